The van der Waals surface area contributed by atoms with Gasteiger partial charge in [-0.15, -0.1) is 0 Å². The lowest BCUT2D eigenvalue weighted by atomic mass is 9.82. The van der Waals surface area contributed by atoms with Gasteiger partial charge in [0.1, 0.15) is 17.7 Å². The van der Waals surface area contributed by atoms with Crippen molar-refractivity contribution < 1.29 is 22.4 Å². The van der Waals surface area contributed by atoms with E-state index < -0.39 is 23.6 Å². The van der Waals surface area contributed by atoms with Crippen LogP contribution < -0.4 is 5.32 Å². The van der Waals surface area contributed by atoms with Gasteiger partial charge in [-0.3, -0.25) is 4.79 Å². The molecule has 1 atom stereocenters. The fourth-order valence-electron chi connectivity index (χ4n) is 5.94. The standard InChI is InChI=1S/C28H31F4N3O/c29-22-17-19(15-16-21(22)28(30,31)32)26-34-23-13-7-8-14-24(23)35(26)25(18-9-3-1-4-10-18)27(36)33-20-11-5-2-6-12-20/h7-8,13-18,20,25H,1-6,9-12H2,(H,33,36). The van der Waals surface area contributed by atoms with Crippen molar-refractivity contribution in [2.45, 2.75) is 82.5 Å². The van der Waals surface area contributed by atoms with Crippen molar-refractivity contribution in [2.75, 3.05) is 0 Å². The number of hydrogen-bond donors (Lipinski definition) is 1. The van der Waals surface area contributed by atoms with E-state index in [-0.39, 0.29) is 23.4 Å². The van der Waals surface area contributed by atoms with Crippen LogP contribution in [0.3, 0.4) is 0 Å². The Balaban J connectivity index is 1.62. The Morgan fingerprint density at radius 3 is 2.28 bits per heavy atom. The summed E-state index contributed by atoms with van der Waals surface area (Å²) in [5.74, 6) is -1.04. The molecule has 1 heterocycles. The summed E-state index contributed by atoms with van der Waals surface area (Å²) in [7, 11) is 0. The first-order valence-corrected chi connectivity index (χ1v) is 13.0. The van der Waals surface area contributed by atoms with Crippen molar-refractivity contribution in [2.24, 2.45) is 5.92 Å². The predicted octanol–water partition coefficient (Wildman–Crippen LogP) is 7.43. The Bertz CT molecular complexity index is 1220. The van der Waals surface area contributed by atoms with Gasteiger partial charge in [-0.1, -0.05) is 56.7 Å². The van der Waals surface area contributed by atoms with Crippen LogP contribution in [0.15, 0.2) is 42.5 Å². The van der Waals surface area contributed by atoms with E-state index in [2.05, 4.69) is 5.32 Å². The van der Waals surface area contributed by atoms with Gasteiger partial charge in [0, 0.05) is 11.6 Å². The number of carbonyl (C=O) groups excluding carboxylic acids is 1. The molecule has 2 fully saturated rings. The van der Waals surface area contributed by atoms with E-state index in [1.54, 1.807) is 0 Å². The number of nitrogens with zero attached hydrogens (tertiary/aromatic N) is 2. The third kappa shape index (κ3) is 5.00. The minimum absolute atomic E-state index is 0.0676. The fourth-order valence-corrected chi connectivity index (χ4v) is 5.94. The van der Waals surface area contributed by atoms with Crippen LogP contribution in [0.5, 0.6) is 0 Å². The first kappa shape index (κ1) is 24.8. The highest BCUT2D eigenvalue weighted by molar-refractivity contribution is 5.87. The molecule has 0 aliphatic heterocycles. The highest BCUT2D eigenvalue weighted by Crippen LogP contribution is 2.40. The maximum atomic E-state index is 14.6. The van der Waals surface area contributed by atoms with Gasteiger partial charge in [-0.25, -0.2) is 9.37 Å². The summed E-state index contributed by atoms with van der Waals surface area (Å²) in [5, 5.41) is 3.28. The van der Waals surface area contributed by atoms with Gasteiger partial charge in [-0.2, -0.15) is 13.2 Å². The second-order valence-electron chi connectivity index (χ2n) is 10.2. The summed E-state index contributed by atoms with van der Waals surface area (Å²) >= 11 is 0. The molecule has 0 saturated heterocycles. The number of carbonyl (C=O) groups is 1. The Kier molecular flexibility index (Phi) is 7.04. The number of fused-ring (bicyclic) bond motifs is 1. The van der Waals surface area contributed by atoms with Crippen LogP contribution in [-0.4, -0.2) is 21.5 Å². The lowest BCUT2D eigenvalue weighted by molar-refractivity contribution is -0.140. The van der Waals surface area contributed by atoms with Crippen LogP contribution in [0.2, 0.25) is 0 Å². The molecule has 1 amide bonds. The van der Waals surface area contributed by atoms with E-state index in [0.717, 1.165) is 75.4 Å². The molecule has 36 heavy (non-hydrogen) atoms. The first-order chi connectivity index (χ1) is 17.3. The summed E-state index contributed by atoms with van der Waals surface area (Å²) in [6.07, 6.45) is 5.40. The molecule has 5 rings (SSSR count). The van der Waals surface area contributed by atoms with Crippen LogP contribution in [0, 0.1) is 11.7 Å². The fraction of sp³-hybridized carbons (Fsp3) is 0.500. The van der Waals surface area contributed by atoms with Crippen LogP contribution >= 0.6 is 0 Å². The first-order valence-electron chi connectivity index (χ1n) is 13.0. The lowest BCUT2D eigenvalue weighted by Gasteiger charge is -2.33. The van der Waals surface area contributed by atoms with E-state index in [9.17, 15) is 22.4 Å². The SMILES string of the molecule is O=C(NC1CCCCC1)C(C1CCCCC1)n1c(-c2ccc(C(F)(F)F)c(F)c2)nc2ccccc21. The van der Waals surface area contributed by atoms with Gasteiger partial charge in [0.2, 0.25) is 5.91 Å². The third-order valence-electron chi connectivity index (χ3n) is 7.72. The molecule has 3 aromatic rings. The van der Waals surface area contributed by atoms with Gasteiger partial charge >= 0.3 is 6.18 Å². The highest BCUT2D eigenvalue weighted by atomic mass is 19.4. The molecule has 2 aliphatic carbocycles. The number of hydrogen-bond acceptors (Lipinski definition) is 2. The van der Waals surface area contributed by atoms with Gasteiger partial charge in [0.15, 0.2) is 0 Å². The summed E-state index contributed by atoms with van der Waals surface area (Å²) in [6, 6.07) is 9.81. The predicted molar refractivity (Wildman–Crippen MR) is 131 cm³/mol. The Morgan fingerprint density at radius 2 is 1.61 bits per heavy atom. The van der Waals surface area contributed by atoms with Crippen LogP contribution in [0.4, 0.5) is 17.6 Å². The number of aromatic nitrogens is 2. The molecular weight excluding hydrogens is 470 g/mol. The summed E-state index contributed by atoms with van der Waals surface area (Å²) in [6.45, 7) is 0. The van der Waals surface area contributed by atoms with Crippen molar-refractivity contribution in [3.8, 4) is 11.4 Å². The Labute approximate surface area is 208 Å². The van der Waals surface area contributed by atoms with Gasteiger partial charge in [0.05, 0.1) is 16.6 Å². The maximum absolute atomic E-state index is 14.6. The molecule has 0 radical (unpaired) electrons. The monoisotopic (exact) mass is 501 g/mol. The molecule has 1 N–H and O–H groups in total. The maximum Gasteiger partial charge on any atom is 0.419 e. The van der Waals surface area contributed by atoms with E-state index in [1.807, 2.05) is 28.8 Å². The molecule has 2 saturated carbocycles. The van der Waals surface area contributed by atoms with Crippen molar-refractivity contribution >= 4 is 16.9 Å². The number of para-hydroxylation sites is 2. The molecule has 0 spiro atoms. The molecule has 1 unspecified atom stereocenters. The van der Waals surface area contributed by atoms with Crippen LogP contribution in [0.25, 0.3) is 22.4 Å². The molecule has 4 nitrogen and oxygen atoms in total. The average molecular weight is 502 g/mol. The molecule has 192 valence electrons. The van der Waals surface area contributed by atoms with Gasteiger partial charge in [0.25, 0.3) is 0 Å². The molecule has 0 bridgehead atoms. The second kappa shape index (κ2) is 10.2. The normalized spacial score (nSPS) is 18.9. The summed E-state index contributed by atoms with van der Waals surface area (Å²) < 4.78 is 56.1. The number of amides is 1. The zero-order valence-electron chi connectivity index (χ0n) is 20.2. The average Bonchev–Trinajstić information content (AvgIpc) is 3.24. The number of benzene rings is 2. The Hall–Kier alpha value is -2.90. The smallest absolute Gasteiger partial charge is 0.352 e. The quantitative estimate of drug-likeness (QED) is 0.370. The highest BCUT2D eigenvalue weighted by Gasteiger charge is 2.37. The molecule has 8 heteroatoms. The molecule has 2 aliphatic rings. The minimum Gasteiger partial charge on any atom is -0.352 e. The van der Waals surface area contributed by atoms with Crippen molar-refractivity contribution in [3.05, 3.63) is 53.8 Å². The third-order valence-corrected chi connectivity index (χ3v) is 7.72. The van der Waals surface area contributed by atoms with Crippen LogP contribution in [0.1, 0.15) is 75.8 Å². The van der Waals surface area contributed by atoms with E-state index in [0.29, 0.717) is 11.3 Å². The van der Waals surface area contributed by atoms with Crippen LogP contribution in [-0.2, 0) is 11.0 Å². The van der Waals surface area contributed by atoms with Crippen molar-refractivity contribution in [1.29, 1.82) is 0 Å². The number of imidazole rings is 1. The van der Waals surface area contributed by atoms with Crippen molar-refractivity contribution in [3.63, 3.8) is 0 Å². The van der Waals surface area contributed by atoms with E-state index >= 15 is 0 Å². The second-order valence-corrected chi connectivity index (χ2v) is 10.2. The largest absolute Gasteiger partial charge is 0.419 e. The van der Waals surface area contributed by atoms with E-state index in [1.165, 1.54) is 12.5 Å². The van der Waals surface area contributed by atoms with E-state index in [4.69, 9.17) is 4.98 Å². The molecular formula is C28H31F4N3O. The number of alkyl halides is 3. The summed E-state index contributed by atoms with van der Waals surface area (Å²) in [5.41, 5.74) is 0.261. The zero-order valence-corrected chi connectivity index (χ0v) is 20.2. The number of halogens is 4. The topological polar surface area (TPSA) is 46.9 Å². The van der Waals surface area contributed by atoms with Gasteiger partial charge in [-0.05, 0) is 55.9 Å². The molecule has 1 aromatic heterocycles. The minimum atomic E-state index is -4.78. The number of rotatable bonds is 5. The lowest BCUT2D eigenvalue weighted by Crippen LogP contribution is -2.43. The Morgan fingerprint density at radius 1 is 0.944 bits per heavy atom. The van der Waals surface area contributed by atoms with Crippen molar-refractivity contribution in [1.82, 2.24) is 14.9 Å². The molecule has 2 aromatic carbocycles. The zero-order chi connectivity index (χ0) is 25.3. The van der Waals surface area contributed by atoms with Gasteiger partial charge < -0.3 is 9.88 Å². The number of nitrogens with one attached hydrogen (secondary N) is 1. The summed E-state index contributed by atoms with van der Waals surface area (Å²) in [4.78, 5) is 18.6.